The number of amides is 4. The number of benzene rings is 2. The molecule has 2 heterocycles. The minimum Gasteiger partial charge on any atom is -0.362 e. The molecule has 2 aliphatic heterocycles. The Morgan fingerprint density at radius 1 is 0.727 bits per heavy atom. The van der Waals surface area contributed by atoms with Crippen LogP contribution in [0.2, 0.25) is 0 Å². The summed E-state index contributed by atoms with van der Waals surface area (Å²) >= 11 is 0. The van der Waals surface area contributed by atoms with E-state index in [-0.39, 0.29) is 48.7 Å². The van der Waals surface area contributed by atoms with Gasteiger partial charge in [0.15, 0.2) is 0 Å². The van der Waals surface area contributed by atoms with Gasteiger partial charge in [-0.2, -0.15) is 0 Å². The highest BCUT2D eigenvalue weighted by Crippen LogP contribution is 2.34. The number of ether oxygens (including phenoxy) is 1. The van der Waals surface area contributed by atoms with Crippen molar-refractivity contribution in [1.29, 1.82) is 0 Å². The van der Waals surface area contributed by atoms with E-state index < -0.39 is 0 Å². The van der Waals surface area contributed by atoms with Gasteiger partial charge < -0.3 is 26.0 Å². The van der Waals surface area contributed by atoms with Crippen LogP contribution in [-0.2, 0) is 23.9 Å². The molecule has 4 amide bonds. The lowest BCUT2D eigenvalue weighted by atomic mass is 9.97. The molecule has 0 saturated heterocycles. The number of carbonyl (C=O) groups is 4. The molecule has 0 saturated carbocycles. The van der Waals surface area contributed by atoms with Crippen molar-refractivity contribution in [3.63, 3.8) is 0 Å². The van der Waals surface area contributed by atoms with Gasteiger partial charge in [0.25, 0.3) is 0 Å². The Morgan fingerprint density at radius 2 is 1.15 bits per heavy atom. The van der Waals surface area contributed by atoms with Crippen LogP contribution in [0.25, 0.3) is 0 Å². The van der Waals surface area contributed by atoms with E-state index in [1.54, 1.807) is 0 Å². The Labute approximate surface area is 191 Å². The monoisotopic (exact) mass is 450 g/mol. The number of para-hydroxylation sites is 2. The molecule has 2 atom stereocenters. The Balaban J connectivity index is 1.09. The lowest BCUT2D eigenvalue weighted by Crippen LogP contribution is -2.33. The van der Waals surface area contributed by atoms with Gasteiger partial charge in [-0.25, -0.2) is 0 Å². The van der Waals surface area contributed by atoms with E-state index in [1.807, 2.05) is 48.5 Å². The van der Waals surface area contributed by atoms with Crippen molar-refractivity contribution in [1.82, 2.24) is 10.6 Å². The van der Waals surface area contributed by atoms with E-state index in [0.29, 0.717) is 25.9 Å². The molecule has 0 spiro atoms. The third-order valence-corrected chi connectivity index (χ3v) is 5.80. The van der Waals surface area contributed by atoms with Crippen LogP contribution in [0.4, 0.5) is 11.4 Å². The molecule has 0 aromatic heterocycles. The van der Waals surface area contributed by atoms with Gasteiger partial charge in [-0.15, -0.1) is 0 Å². The fraction of sp³-hybridized carbons (Fsp3) is 0.333. The molecule has 4 rings (SSSR count). The third-order valence-electron chi connectivity index (χ3n) is 5.80. The molecular formula is C24H26N4O5. The summed E-state index contributed by atoms with van der Waals surface area (Å²) in [5, 5.41) is 11.1. The molecule has 4 N–H and O–H groups in total. The molecule has 2 aliphatic rings. The highest BCUT2D eigenvalue weighted by Gasteiger charge is 2.30. The normalized spacial score (nSPS) is 18.2. The van der Waals surface area contributed by atoms with Gasteiger partial charge in [-0.3, -0.25) is 19.2 Å². The number of carbonyl (C=O) groups excluding carboxylic acids is 4. The summed E-state index contributed by atoms with van der Waals surface area (Å²) in [6, 6.07) is 15.0. The van der Waals surface area contributed by atoms with Crippen molar-refractivity contribution >= 4 is 35.0 Å². The molecule has 2 aromatic carbocycles. The summed E-state index contributed by atoms with van der Waals surface area (Å²) in [7, 11) is 0. The van der Waals surface area contributed by atoms with Gasteiger partial charge in [-0.1, -0.05) is 36.4 Å². The number of hydrogen-bond acceptors (Lipinski definition) is 5. The maximum atomic E-state index is 12.1. The van der Waals surface area contributed by atoms with Gasteiger partial charge in [0.1, 0.15) is 13.2 Å². The van der Waals surface area contributed by atoms with Crippen LogP contribution in [0.1, 0.15) is 35.8 Å². The van der Waals surface area contributed by atoms with Gasteiger partial charge in [0, 0.05) is 24.5 Å². The second-order valence-corrected chi connectivity index (χ2v) is 8.03. The minimum atomic E-state index is -0.353. The molecule has 172 valence electrons. The number of anilines is 2. The van der Waals surface area contributed by atoms with Crippen LogP contribution in [-0.4, -0.2) is 49.9 Å². The molecule has 9 nitrogen and oxygen atoms in total. The zero-order chi connectivity index (χ0) is 23.2. The largest absolute Gasteiger partial charge is 0.362 e. The number of hydrogen-bond donors (Lipinski definition) is 4. The lowest BCUT2D eigenvalue weighted by Gasteiger charge is -2.11. The zero-order valence-electron chi connectivity index (χ0n) is 18.1. The molecule has 0 aliphatic carbocycles. The van der Waals surface area contributed by atoms with E-state index in [9.17, 15) is 19.2 Å². The van der Waals surface area contributed by atoms with E-state index in [0.717, 1.165) is 22.5 Å². The quantitative estimate of drug-likeness (QED) is 0.436. The highest BCUT2D eigenvalue weighted by atomic mass is 16.5. The van der Waals surface area contributed by atoms with Crippen LogP contribution in [0.15, 0.2) is 48.5 Å². The molecule has 0 bridgehead atoms. The van der Waals surface area contributed by atoms with Gasteiger partial charge in [-0.05, 0) is 36.1 Å². The molecule has 33 heavy (non-hydrogen) atoms. The summed E-state index contributed by atoms with van der Waals surface area (Å²) in [5.74, 6) is -1.43. The van der Waals surface area contributed by atoms with Crippen molar-refractivity contribution in [2.24, 2.45) is 0 Å². The van der Waals surface area contributed by atoms with Gasteiger partial charge >= 0.3 is 0 Å². The average molecular weight is 450 g/mol. The first-order valence-electron chi connectivity index (χ1n) is 10.9. The topological polar surface area (TPSA) is 126 Å². The lowest BCUT2D eigenvalue weighted by molar-refractivity contribution is -0.131. The first-order chi connectivity index (χ1) is 16.0. The first-order valence-corrected chi connectivity index (χ1v) is 10.9. The second kappa shape index (κ2) is 10.3. The summed E-state index contributed by atoms with van der Waals surface area (Å²) < 4.78 is 5.17. The Hall–Kier alpha value is -3.72. The Morgan fingerprint density at radius 3 is 1.61 bits per heavy atom. The zero-order valence-corrected chi connectivity index (χ0v) is 18.1. The van der Waals surface area contributed by atoms with Crippen molar-refractivity contribution in [3.8, 4) is 0 Å². The fourth-order valence-corrected chi connectivity index (χ4v) is 4.18. The molecule has 0 radical (unpaired) electrons. The van der Waals surface area contributed by atoms with Gasteiger partial charge in [0.2, 0.25) is 23.6 Å². The SMILES string of the molecule is O=C(COCC(=O)NCCC1C(=O)Nc2ccccc21)NCCC1C(=O)Nc2ccccc21. The fourth-order valence-electron chi connectivity index (χ4n) is 4.18. The van der Waals surface area contributed by atoms with Crippen LogP contribution in [0.3, 0.4) is 0 Å². The summed E-state index contributed by atoms with van der Waals surface area (Å²) in [6.07, 6.45) is 0.958. The maximum Gasteiger partial charge on any atom is 0.246 e. The molecule has 2 aromatic rings. The van der Waals surface area contributed by atoms with E-state index >= 15 is 0 Å². The summed E-state index contributed by atoms with van der Waals surface area (Å²) in [6.45, 7) is 0.149. The number of rotatable bonds is 10. The average Bonchev–Trinajstić information content (AvgIpc) is 3.29. The van der Waals surface area contributed by atoms with Crippen molar-refractivity contribution in [2.75, 3.05) is 36.9 Å². The summed E-state index contributed by atoms with van der Waals surface area (Å²) in [4.78, 5) is 48.1. The maximum absolute atomic E-state index is 12.1. The van der Waals surface area contributed by atoms with Gasteiger partial charge in [0.05, 0.1) is 11.8 Å². The Bertz CT molecular complexity index is 987. The van der Waals surface area contributed by atoms with E-state index in [2.05, 4.69) is 21.3 Å². The standard InChI is InChI=1S/C24H26N4O5/c29-21(25-11-9-17-15-5-1-3-7-19(15)27-23(17)31)13-33-14-22(30)26-12-10-18-16-6-2-4-8-20(16)28-24(18)32/h1-8,17-18H,9-14H2,(H,25,29)(H,26,30)(H,27,31)(H,28,32). The van der Waals surface area contributed by atoms with E-state index in [4.69, 9.17) is 4.74 Å². The Kier molecular flexibility index (Phi) is 6.99. The van der Waals surface area contributed by atoms with Crippen molar-refractivity contribution < 1.29 is 23.9 Å². The van der Waals surface area contributed by atoms with Crippen LogP contribution >= 0.6 is 0 Å². The van der Waals surface area contributed by atoms with Crippen molar-refractivity contribution in [3.05, 3.63) is 59.7 Å². The third kappa shape index (κ3) is 5.38. The smallest absolute Gasteiger partial charge is 0.246 e. The number of nitrogens with one attached hydrogen (secondary N) is 4. The number of fused-ring (bicyclic) bond motifs is 2. The minimum absolute atomic E-state index is 0.0723. The first kappa shape index (κ1) is 22.5. The van der Waals surface area contributed by atoms with Crippen LogP contribution < -0.4 is 21.3 Å². The molecule has 0 fully saturated rings. The van der Waals surface area contributed by atoms with Crippen LogP contribution in [0, 0.1) is 0 Å². The predicted molar refractivity (Wildman–Crippen MR) is 122 cm³/mol. The second-order valence-electron chi connectivity index (χ2n) is 8.03. The van der Waals surface area contributed by atoms with Crippen LogP contribution in [0.5, 0.6) is 0 Å². The van der Waals surface area contributed by atoms with Crippen molar-refractivity contribution in [2.45, 2.75) is 24.7 Å². The highest BCUT2D eigenvalue weighted by molar-refractivity contribution is 6.03. The predicted octanol–water partition coefficient (Wildman–Crippen LogP) is 1.49. The molecular weight excluding hydrogens is 424 g/mol. The summed E-state index contributed by atoms with van der Waals surface area (Å²) in [5.41, 5.74) is 3.49. The molecule has 2 unspecified atom stereocenters. The van der Waals surface area contributed by atoms with E-state index in [1.165, 1.54) is 0 Å². The molecule has 9 heteroatoms.